The zero-order valence-corrected chi connectivity index (χ0v) is 21.0. The summed E-state index contributed by atoms with van der Waals surface area (Å²) >= 11 is 0. The van der Waals surface area contributed by atoms with E-state index in [-0.39, 0.29) is 23.6 Å². The van der Waals surface area contributed by atoms with Gasteiger partial charge in [0.25, 0.3) is 5.82 Å². The van der Waals surface area contributed by atoms with E-state index in [1.165, 1.54) is 4.68 Å². The van der Waals surface area contributed by atoms with E-state index in [2.05, 4.69) is 15.4 Å². The number of benzene rings is 2. The number of halogens is 3. The van der Waals surface area contributed by atoms with Crippen LogP contribution in [0.4, 0.5) is 19.1 Å². The Morgan fingerprint density at radius 1 is 1.00 bits per heavy atom. The number of aromatic nitrogens is 5. The summed E-state index contributed by atoms with van der Waals surface area (Å²) in [4.78, 5) is 17.4. The number of para-hydroxylation sites is 1. The fourth-order valence-corrected chi connectivity index (χ4v) is 5.25. The average molecular weight is 519 g/mol. The van der Waals surface area contributed by atoms with Crippen molar-refractivity contribution in [1.29, 1.82) is 0 Å². The highest BCUT2D eigenvalue weighted by atomic mass is 19.4. The Hall–Kier alpha value is -4.21. The van der Waals surface area contributed by atoms with Crippen LogP contribution in [0.2, 0.25) is 0 Å². The third-order valence-corrected chi connectivity index (χ3v) is 6.97. The fourth-order valence-electron chi connectivity index (χ4n) is 5.25. The molecule has 2 aliphatic rings. The molecule has 3 heterocycles. The van der Waals surface area contributed by atoms with Crippen LogP contribution < -0.4 is 5.32 Å². The largest absolute Gasteiger partial charge is 0.453 e. The number of alkyl halides is 3. The molecule has 7 nitrogen and oxygen atoms in total. The molecule has 4 aromatic rings. The number of Topliss-reactive ketones (excluding diaryl/α,β-unsaturated/α-hetero) is 1. The Balaban J connectivity index is 1.62. The Kier molecular flexibility index (Phi) is 5.34. The quantitative estimate of drug-likeness (QED) is 0.354. The van der Waals surface area contributed by atoms with Gasteiger partial charge in [-0.2, -0.15) is 23.3 Å². The molecule has 1 N–H and O–H groups in total. The predicted molar refractivity (Wildman–Crippen MR) is 136 cm³/mol. The van der Waals surface area contributed by atoms with E-state index in [9.17, 15) is 18.0 Å². The van der Waals surface area contributed by atoms with Crippen molar-refractivity contribution in [2.24, 2.45) is 5.41 Å². The average Bonchev–Trinajstić information content (AvgIpc) is 3.48. The zero-order valence-electron chi connectivity index (χ0n) is 21.0. The highest BCUT2D eigenvalue weighted by Gasteiger charge is 2.45. The number of allylic oxidation sites excluding steroid dienone is 2. The van der Waals surface area contributed by atoms with E-state index in [1.54, 1.807) is 10.9 Å². The highest BCUT2D eigenvalue weighted by molar-refractivity contribution is 6.00. The van der Waals surface area contributed by atoms with Crippen molar-refractivity contribution in [2.45, 2.75) is 45.8 Å². The molecule has 0 unspecified atom stereocenters. The van der Waals surface area contributed by atoms with E-state index < -0.39 is 18.0 Å². The number of nitrogens with zero attached hydrogens (tertiary/aromatic N) is 5. The van der Waals surface area contributed by atoms with Crippen molar-refractivity contribution in [3.8, 4) is 16.9 Å². The van der Waals surface area contributed by atoms with Gasteiger partial charge in [-0.05, 0) is 30.9 Å². The number of ketones is 1. The molecular weight excluding hydrogens is 493 g/mol. The lowest BCUT2D eigenvalue weighted by atomic mass is 9.73. The first-order valence-corrected chi connectivity index (χ1v) is 12.3. The van der Waals surface area contributed by atoms with Gasteiger partial charge in [0.05, 0.1) is 11.4 Å². The molecule has 1 aliphatic carbocycles. The van der Waals surface area contributed by atoms with Gasteiger partial charge in [0.2, 0.25) is 5.95 Å². The summed E-state index contributed by atoms with van der Waals surface area (Å²) in [7, 11) is 0. The van der Waals surface area contributed by atoms with Gasteiger partial charge in [0.1, 0.15) is 6.04 Å². The molecule has 0 fully saturated rings. The number of hydrogen-bond acceptors (Lipinski definition) is 5. The molecule has 194 valence electrons. The maximum Gasteiger partial charge on any atom is 0.453 e. The summed E-state index contributed by atoms with van der Waals surface area (Å²) < 4.78 is 44.0. The Morgan fingerprint density at radius 3 is 2.39 bits per heavy atom. The topological polar surface area (TPSA) is 77.6 Å². The van der Waals surface area contributed by atoms with Crippen LogP contribution in [0.25, 0.3) is 16.9 Å². The molecule has 2 aromatic heterocycles. The van der Waals surface area contributed by atoms with Crippen LogP contribution in [0.3, 0.4) is 0 Å². The summed E-state index contributed by atoms with van der Waals surface area (Å²) in [5.74, 6) is -1.44. The number of rotatable bonds is 3. The molecule has 1 atom stereocenters. The molecule has 0 amide bonds. The lowest BCUT2D eigenvalue weighted by molar-refractivity contribution is -0.145. The van der Waals surface area contributed by atoms with E-state index in [1.807, 2.05) is 75.4 Å². The number of hydrogen-bond donors (Lipinski definition) is 1. The first-order valence-electron chi connectivity index (χ1n) is 12.3. The van der Waals surface area contributed by atoms with Crippen LogP contribution in [0.1, 0.15) is 49.7 Å². The number of carbonyl (C=O) groups is 1. The Bertz CT molecular complexity index is 1580. The minimum Gasteiger partial charge on any atom is -0.328 e. The third-order valence-electron chi connectivity index (χ3n) is 6.97. The molecule has 2 aromatic carbocycles. The molecule has 6 rings (SSSR count). The van der Waals surface area contributed by atoms with Gasteiger partial charge in [0.15, 0.2) is 5.78 Å². The minimum absolute atomic E-state index is 0.0473. The highest BCUT2D eigenvalue weighted by Crippen LogP contribution is 2.47. The number of anilines is 1. The van der Waals surface area contributed by atoms with Gasteiger partial charge in [-0.25, -0.2) is 9.36 Å². The summed E-state index contributed by atoms with van der Waals surface area (Å²) in [6.07, 6.45) is -2.20. The van der Waals surface area contributed by atoms with E-state index in [0.29, 0.717) is 28.9 Å². The fraction of sp³-hybridized carbons (Fsp3) is 0.286. The van der Waals surface area contributed by atoms with Gasteiger partial charge < -0.3 is 5.32 Å². The number of fused-ring (bicyclic) bond motifs is 1. The molecule has 1 aliphatic heterocycles. The van der Waals surface area contributed by atoms with Crippen LogP contribution in [-0.2, 0) is 11.0 Å². The first-order chi connectivity index (χ1) is 18.0. The summed E-state index contributed by atoms with van der Waals surface area (Å²) in [6, 6.07) is 16.2. The van der Waals surface area contributed by atoms with Gasteiger partial charge in [0, 0.05) is 35.0 Å². The van der Waals surface area contributed by atoms with Crippen LogP contribution in [-0.4, -0.2) is 30.3 Å². The zero-order chi connectivity index (χ0) is 26.8. The van der Waals surface area contributed by atoms with Crippen molar-refractivity contribution in [2.75, 3.05) is 5.32 Å². The van der Waals surface area contributed by atoms with Crippen LogP contribution in [0.5, 0.6) is 0 Å². The first kappa shape index (κ1) is 24.1. The summed E-state index contributed by atoms with van der Waals surface area (Å²) in [5.41, 5.74) is 4.37. The Labute approximate surface area is 217 Å². The molecule has 0 saturated carbocycles. The van der Waals surface area contributed by atoms with Crippen molar-refractivity contribution in [1.82, 2.24) is 24.5 Å². The van der Waals surface area contributed by atoms with Gasteiger partial charge in [-0.15, -0.1) is 5.10 Å². The van der Waals surface area contributed by atoms with Gasteiger partial charge in [-0.3, -0.25) is 4.79 Å². The molecular formula is C28H25F3N6O. The smallest absolute Gasteiger partial charge is 0.328 e. The lowest BCUT2D eigenvalue weighted by Crippen LogP contribution is -2.36. The molecule has 0 bridgehead atoms. The van der Waals surface area contributed by atoms with Crippen molar-refractivity contribution < 1.29 is 18.0 Å². The predicted octanol–water partition coefficient (Wildman–Crippen LogP) is 6.12. The molecule has 10 heteroatoms. The second kappa shape index (κ2) is 8.41. The maximum absolute atomic E-state index is 13.7. The van der Waals surface area contributed by atoms with Crippen LogP contribution >= 0.6 is 0 Å². The van der Waals surface area contributed by atoms with Gasteiger partial charge >= 0.3 is 6.18 Å². The monoisotopic (exact) mass is 518 g/mol. The summed E-state index contributed by atoms with van der Waals surface area (Å²) in [6.45, 7) is 5.91. The van der Waals surface area contributed by atoms with Crippen LogP contribution in [0.15, 0.2) is 72.1 Å². The standard InChI is InChI=1S/C28H25F3N6O/c1-16-9-11-17(12-10-16)23-19(15-36(34-23)18-7-5-4-6-8-18)24-22-20(13-27(2,3)14-21(22)38)32-26-33-25(28(29,30)31)35-37(24)26/h4-12,15,24H,13-14H2,1-3H3,(H,32,33,35)/t24-/m0/s1. The number of aryl methyl sites for hydroxylation is 1. The van der Waals surface area contributed by atoms with Crippen LogP contribution in [0, 0.1) is 12.3 Å². The maximum atomic E-state index is 13.7. The lowest BCUT2D eigenvalue weighted by Gasteiger charge is -2.38. The second-order valence-electron chi connectivity index (χ2n) is 10.6. The second-order valence-corrected chi connectivity index (χ2v) is 10.6. The van der Waals surface area contributed by atoms with Crippen molar-refractivity contribution in [3.63, 3.8) is 0 Å². The van der Waals surface area contributed by atoms with Crippen molar-refractivity contribution >= 4 is 11.7 Å². The molecule has 0 spiro atoms. The van der Waals surface area contributed by atoms with E-state index in [4.69, 9.17) is 5.10 Å². The normalized spacial score (nSPS) is 18.7. The summed E-state index contributed by atoms with van der Waals surface area (Å²) in [5, 5.41) is 11.7. The minimum atomic E-state index is -4.74. The molecule has 0 saturated heterocycles. The molecule has 38 heavy (non-hydrogen) atoms. The van der Waals surface area contributed by atoms with E-state index in [0.717, 1.165) is 16.8 Å². The number of nitrogens with one attached hydrogen (secondary N) is 1. The number of carbonyl (C=O) groups excluding carboxylic acids is 1. The SMILES string of the molecule is Cc1ccc(-c2nn(-c3ccccc3)cc2[C@H]2C3=C(CC(C)(C)CC3=O)Nc3nc(C(F)(F)F)nn32)cc1. The van der Waals surface area contributed by atoms with Crippen molar-refractivity contribution in [3.05, 3.63) is 89.0 Å². The Morgan fingerprint density at radius 2 is 1.71 bits per heavy atom. The van der Waals surface area contributed by atoms with Gasteiger partial charge in [-0.1, -0.05) is 61.9 Å². The molecule has 0 radical (unpaired) electrons. The third kappa shape index (κ3) is 4.09. The van der Waals surface area contributed by atoms with E-state index >= 15 is 0 Å².